The van der Waals surface area contributed by atoms with Gasteiger partial charge in [-0.25, -0.2) is 0 Å². The van der Waals surface area contributed by atoms with Crippen molar-refractivity contribution < 1.29 is 9.26 Å². The van der Waals surface area contributed by atoms with Crippen LogP contribution in [0.5, 0.6) is 5.75 Å². The molecule has 6 nitrogen and oxygen atoms in total. The van der Waals surface area contributed by atoms with Crippen molar-refractivity contribution >= 4 is 0 Å². The molecule has 0 spiro atoms. The van der Waals surface area contributed by atoms with Gasteiger partial charge in [0.1, 0.15) is 5.75 Å². The van der Waals surface area contributed by atoms with Crippen LogP contribution in [0.1, 0.15) is 18.5 Å². The molecule has 0 bridgehead atoms. The first-order valence-electron chi connectivity index (χ1n) is 7.85. The summed E-state index contributed by atoms with van der Waals surface area (Å²) in [6.45, 7) is 2.63. The van der Waals surface area contributed by atoms with Crippen molar-refractivity contribution in [2.75, 3.05) is 7.11 Å². The number of pyridine rings is 1. The molecule has 1 aromatic carbocycles. The number of nitrogens with zero attached hydrogens (tertiary/aromatic N) is 3. The quantitative estimate of drug-likeness (QED) is 0.720. The highest BCUT2D eigenvalue weighted by molar-refractivity contribution is 5.55. The summed E-state index contributed by atoms with van der Waals surface area (Å²) >= 11 is 0. The summed E-state index contributed by atoms with van der Waals surface area (Å²) < 4.78 is 10.5. The van der Waals surface area contributed by atoms with Gasteiger partial charge in [-0.05, 0) is 43.3 Å². The third-order valence-corrected chi connectivity index (χ3v) is 3.66. The van der Waals surface area contributed by atoms with Crippen molar-refractivity contribution in [3.05, 3.63) is 60.2 Å². The van der Waals surface area contributed by atoms with E-state index in [1.165, 1.54) is 0 Å². The lowest BCUT2D eigenvalue weighted by Gasteiger charge is -2.11. The number of hydrogen-bond acceptors (Lipinski definition) is 6. The molecular formula is C18H20N4O2. The molecular weight excluding hydrogens is 304 g/mol. The molecule has 0 saturated carbocycles. The molecule has 0 aliphatic carbocycles. The fourth-order valence-corrected chi connectivity index (χ4v) is 2.35. The zero-order chi connectivity index (χ0) is 16.8. The Morgan fingerprint density at radius 1 is 1.17 bits per heavy atom. The lowest BCUT2D eigenvalue weighted by molar-refractivity contribution is 0.359. The largest absolute Gasteiger partial charge is 0.497 e. The molecule has 0 aliphatic heterocycles. The summed E-state index contributed by atoms with van der Waals surface area (Å²) in [6.07, 6.45) is 2.65. The molecule has 0 saturated heterocycles. The number of nitrogens with one attached hydrogen (secondary N) is 1. The van der Waals surface area contributed by atoms with E-state index >= 15 is 0 Å². The van der Waals surface area contributed by atoms with Gasteiger partial charge in [0.15, 0.2) is 0 Å². The molecule has 0 aliphatic rings. The fourth-order valence-electron chi connectivity index (χ4n) is 2.35. The normalized spacial score (nSPS) is 12.1. The number of methoxy groups -OCH3 is 1. The second kappa shape index (κ2) is 7.70. The first-order valence-corrected chi connectivity index (χ1v) is 7.85. The minimum Gasteiger partial charge on any atom is -0.497 e. The summed E-state index contributed by atoms with van der Waals surface area (Å²) in [5.41, 5.74) is 1.95. The Morgan fingerprint density at radius 2 is 2.00 bits per heavy atom. The Balaban J connectivity index is 1.55. The molecule has 0 fully saturated rings. The van der Waals surface area contributed by atoms with Crippen molar-refractivity contribution in [3.63, 3.8) is 0 Å². The van der Waals surface area contributed by atoms with E-state index < -0.39 is 0 Å². The molecule has 0 radical (unpaired) electrons. The van der Waals surface area contributed by atoms with Crippen molar-refractivity contribution in [2.45, 2.75) is 25.9 Å². The first-order chi connectivity index (χ1) is 11.7. The van der Waals surface area contributed by atoms with E-state index in [4.69, 9.17) is 9.26 Å². The highest BCUT2D eigenvalue weighted by Crippen LogP contribution is 2.19. The third kappa shape index (κ3) is 4.17. The van der Waals surface area contributed by atoms with Crippen LogP contribution in [-0.4, -0.2) is 28.3 Å². The van der Waals surface area contributed by atoms with Crippen LogP contribution in [0, 0.1) is 0 Å². The van der Waals surface area contributed by atoms with Gasteiger partial charge in [0.2, 0.25) is 11.7 Å². The Labute approximate surface area is 140 Å². The van der Waals surface area contributed by atoms with E-state index in [2.05, 4.69) is 27.4 Å². The minimum absolute atomic E-state index is 0.260. The standard InChI is InChI=1S/C18H20N4O2/c1-13(11-15-5-3-4-10-19-15)20-12-17-21-18(22-24-17)14-6-8-16(23-2)9-7-14/h3-10,13,20H,11-12H2,1-2H3/t13-/m1/s1. The smallest absolute Gasteiger partial charge is 0.240 e. The highest BCUT2D eigenvalue weighted by Gasteiger charge is 2.10. The minimum atomic E-state index is 0.260. The molecule has 0 unspecified atom stereocenters. The van der Waals surface area contributed by atoms with E-state index in [0.717, 1.165) is 23.4 Å². The van der Waals surface area contributed by atoms with Gasteiger partial charge in [-0.1, -0.05) is 11.2 Å². The zero-order valence-electron chi connectivity index (χ0n) is 13.8. The predicted octanol–water partition coefficient (Wildman–Crippen LogP) is 2.86. The van der Waals surface area contributed by atoms with Gasteiger partial charge in [0, 0.05) is 29.9 Å². The van der Waals surface area contributed by atoms with Gasteiger partial charge < -0.3 is 14.6 Å². The van der Waals surface area contributed by atoms with E-state index in [1.807, 2.05) is 42.5 Å². The number of rotatable bonds is 7. The Bertz CT molecular complexity index is 756. The Kier molecular flexibility index (Phi) is 5.18. The molecule has 24 heavy (non-hydrogen) atoms. The summed E-state index contributed by atoms with van der Waals surface area (Å²) in [4.78, 5) is 8.75. The lowest BCUT2D eigenvalue weighted by Crippen LogP contribution is -2.28. The third-order valence-electron chi connectivity index (χ3n) is 3.66. The highest BCUT2D eigenvalue weighted by atomic mass is 16.5. The average molecular weight is 324 g/mol. The van der Waals surface area contributed by atoms with Crippen LogP contribution in [0.3, 0.4) is 0 Å². The number of aromatic nitrogens is 3. The molecule has 124 valence electrons. The molecule has 1 N–H and O–H groups in total. The van der Waals surface area contributed by atoms with Gasteiger partial charge in [-0.15, -0.1) is 0 Å². The summed E-state index contributed by atoms with van der Waals surface area (Å²) in [5, 5.41) is 7.40. The molecule has 3 aromatic rings. The zero-order valence-corrected chi connectivity index (χ0v) is 13.8. The first kappa shape index (κ1) is 16.1. The van der Waals surface area contributed by atoms with Crippen LogP contribution in [0.15, 0.2) is 53.2 Å². The Hall–Kier alpha value is -2.73. The van der Waals surface area contributed by atoms with Crippen molar-refractivity contribution in [3.8, 4) is 17.1 Å². The fraction of sp³-hybridized carbons (Fsp3) is 0.278. The number of ether oxygens (including phenoxy) is 1. The Morgan fingerprint density at radius 3 is 2.71 bits per heavy atom. The molecule has 6 heteroatoms. The number of benzene rings is 1. The van der Waals surface area contributed by atoms with Gasteiger partial charge in [0.25, 0.3) is 0 Å². The van der Waals surface area contributed by atoms with Crippen LogP contribution in [0.4, 0.5) is 0 Å². The summed E-state index contributed by atoms with van der Waals surface area (Å²) in [7, 11) is 1.64. The molecule has 3 rings (SSSR count). The van der Waals surface area contributed by atoms with Crippen LogP contribution in [0.2, 0.25) is 0 Å². The molecule has 0 amide bonds. The molecule has 1 atom stereocenters. The topological polar surface area (TPSA) is 73.1 Å². The molecule has 2 aromatic heterocycles. The molecule has 2 heterocycles. The number of hydrogen-bond donors (Lipinski definition) is 1. The monoisotopic (exact) mass is 324 g/mol. The second-order valence-electron chi connectivity index (χ2n) is 5.55. The van der Waals surface area contributed by atoms with E-state index in [9.17, 15) is 0 Å². The van der Waals surface area contributed by atoms with E-state index in [-0.39, 0.29) is 6.04 Å². The van der Waals surface area contributed by atoms with Crippen LogP contribution >= 0.6 is 0 Å². The van der Waals surface area contributed by atoms with E-state index in [1.54, 1.807) is 13.3 Å². The van der Waals surface area contributed by atoms with Gasteiger partial charge in [0.05, 0.1) is 13.7 Å². The average Bonchev–Trinajstić information content (AvgIpc) is 3.10. The van der Waals surface area contributed by atoms with Gasteiger partial charge >= 0.3 is 0 Å². The van der Waals surface area contributed by atoms with Crippen molar-refractivity contribution in [1.82, 2.24) is 20.4 Å². The summed E-state index contributed by atoms with van der Waals surface area (Å²) in [5.74, 6) is 1.94. The maximum absolute atomic E-state index is 5.31. The van der Waals surface area contributed by atoms with Crippen LogP contribution in [0.25, 0.3) is 11.4 Å². The van der Waals surface area contributed by atoms with Crippen LogP contribution < -0.4 is 10.1 Å². The summed E-state index contributed by atoms with van der Waals surface area (Å²) in [6, 6.07) is 13.8. The maximum atomic E-state index is 5.31. The van der Waals surface area contributed by atoms with Gasteiger partial charge in [-0.3, -0.25) is 4.98 Å². The van der Waals surface area contributed by atoms with Gasteiger partial charge in [-0.2, -0.15) is 4.98 Å². The maximum Gasteiger partial charge on any atom is 0.240 e. The van der Waals surface area contributed by atoms with E-state index in [0.29, 0.717) is 18.3 Å². The predicted molar refractivity (Wildman–Crippen MR) is 90.5 cm³/mol. The van der Waals surface area contributed by atoms with Crippen molar-refractivity contribution in [1.29, 1.82) is 0 Å². The second-order valence-corrected chi connectivity index (χ2v) is 5.55. The van der Waals surface area contributed by atoms with Crippen LogP contribution in [-0.2, 0) is 13.0 Å². The SMILES string of the molecule is COc1ccc(-c2noc(CN[C@H](C)Cc3ccccn3)n2)cc1. The lowest BCUT2D eigenvalue weighted by atomic mass is 10.1. The van der Waals surface area contributed by atoms with Crippen molar-refractivity contribution in [2.24, 2.45) is 0 Å².